The lowest BCUT2D eigenvalue weighted by Crippen LogP contribution is -2.41. The molecule has 0 radical (unpaired) electrons. The molecule has 0 aromatic rings. The van der Waals surface area contributed by atoms with Crippen LogP contribution < -0.4 is 4.89 Å². The molecule has 0 aromatic carbocycles. The predicted octanol–water partition coefficient (Wildman–Crippen LogP) is 1.82. The zero-order valence-corrected chi connectivity index (χ0v) is 23.2. The Bertz CT molecular complexity index is 685. The molecule has 0 aliphatic rings. The summed E-state index contributed by atoms with van der Waals surface area (Å²) in [6, 6.07) is 0. The maximum Gasteiger partial charge on any atom is 0.311 e. The highest BCUT2D eigenvalue weighted by Gasteiger charge is 2.43. The SMILES string of the molecule is CCC(C)(CC(C)(C)C(=O)OCC[N+](C)(C)C)C(=O)OCCOP(=O)([O-])OCC[N+](C)(C)C. The molecular weight excluding hydrogens is 451 g/mol. The van der Waals surface area contributed by atoms with Crippen LogP contribution in [0.3, 0.4) is 0 Å². The maximum atomic E-state index is 12.7. The van der Waals surface area contributed by atoms with Gasteiger partial charge >= 0.3 is 11.9 Å². The summed E-state index contributed by atoms with van der Waals surface area (Å²) in [7, 11) is 7.30. The van der Waals surface area contributed by atoms with Crippen LogP contribution in [0.2, 0.25) is 0 Å². The van der Waals surface area contributed by atoms with E-state index in [9.17, 15) is 19.0 Å². The van der Waals surface area contributed by atoms with Gasteiger partial charge in [-0.3, -0.25) is 14.2 Å². The summed E-state index contributed by atoms with van der Waals surface area (Å²) in [6.45, 7) is 7.93. The second-order valence-corrected chi connectivity index (χ2v) is 12.8. The summed E-state index contributed by atoms with van der Waals surface area (Å²) in [4.78, 5) is 37.1. The molecule has 33 heavy (non-hydrogen) atoms. The smallest absolute Gasteiger partial charge is 0.311 e. The van der Waals surface area contributed by atoms with Crippen molar-refractivity contribution in [2.45, 2.75) is 40.5 Å². The van der Waals surface area contributed by atoms with Crippen molar-refractivity contribution in [1.29, 1.82) is 0 Å². The van der Waals surface area contributed by atoms with Crippen molar-refractivity contribution in [2.75, 3.05) is 81.8 Å². The lowest BCUT2D eigenvalue weighted by atomic mass is 9.72. The van der Waals surface area contributed by atoms with E-state index < -0.39 is 24.6 Å². The number of phosphoric acid groups is 1. The molecule has 0 aliphatic heterocycles. The Morgan fingerprint density at radius 1 is 0.788 bits per heavy atom. The molecule has 0 N–H and O–H groups in total. The molecule has 10 nitrogen and oxygen atoms in total. The maximum absolute atomic E-state index is 12.7. The fourth-order valence-corrected chi connectivity index (χ4v) is 3.60. The quantitative estimate of drug-likeness (QED) is 0.137. The van der Waals surface area contributed by atoms with E-state index in [1.54, 1.807) is 20.8 Å². The summed E-state index contributed by atoms with van der Waals surface area (Å²) < 4.78 is 33.3. The fraction of sp³-hybridized carbons (Fsp3) is 0.909. The van der Waals surface area contributed by atoms with E-state index in [4.69, 9.17) is 18.5 Å². The highest BCUT2D eigenvalue weighted by molar-refractivity contribution is 7.45. The Kier molecular flexibility index (Phi) is 12.2. The summed E-state index contributed by atoms with van der Waals surface area (Å²) in [5.74, 6) is -0.891. The Hall–Kier alpha value is -1.03. The molecule has 196 valence electrons. The molecule has 0 spiro atoms. The number of carbonyl (C=O) groups is 2. The Labute approximate surface area is 199 Å². The summed E-state index contributed by atoms with van der Waals surface area (Å²) in [6.07, 6.45) is 0.671. The van der Waals surface area contributed by atoms with Crippen LogP contribution in [0.1, 0.15) is 40.5 Å². The van der Waals surface area contributed by atoms with Crippen LogP contribution >= 0.6 is 7.82 Å². The van der Waals surface area contributed by atoms with Gasteiger partial charge in [-0.05, 0) is 33.6 Å². The van der Waals surface area contributed by atoms with Gasteiger partial charge in [0, 0.05) is 0 Å². The zero-order valence-electron chi connectivity index (χ0n) is 22.3. The topological polar surface area (TPSA) is 111 Å². The molecule has 11 heteroatoms. The second kappa shape index (κ2) is 12.6. The average molecular weight is 498 g/mol. The van der Waals surface area contributed by atoms with Crippen molar-refractivity contribution in [2.24, 2.45) is 10.8 Å². The normalized spacial score (nSPS) is 16.6. The molecule has 2 unspecified atom stereocenters. The number of nitrogens with zero attached hydrogens (tertiary/aromatic N) is 2. The van der Waals surface area contributed by atoms with Crippen molar-refractivity contribution in [1.82, 2.24) is 0 Å². The third kappa shape index (κ3) is 14.1. The van der Waals surface area contributed by atoms with Crippen molar-refractivity contribution in [3.63, 3.8) is 0 Å². The molecule has 2 atom stereocenters. The number of carbonyl (C=O) groups excluding carboxylic acids is 2. The highest BCUT2D eigenvalue weighted by atomic mass is 31.2. The van der Waals surface area contributed by atoms with E-state index >= 15 is 0 Å². The van der Waals surface area contributed by atoms with Gasteiger partial charge in [0.2, 0.25) is 0 Å². The largest absolute Gasteiger partial charge is 0.756 e. The molecule has 0 bridgehead atoms. The molecule has 0 amide bonds. The lowest BCUT2D eigenvalue weighted by molar-refractivity contribution is -0.870. The Balaban J connectivity index is 4.68. The number of esters is 2. The first-order chi connectivity index (χ1) is 14.7. The summed E-state index contributed by atoms with van der Waals surface area (Å²) in [5, 5.41) is 0. The van der Waals surface area contributed by atoms with E-state index in [-0.39, 0.29) is 32.2 Å². The Morgan fingerprint density at radius 2 is 1.24 bits per heavy atom. The van der Waals surface area contributed by atoms with E-state index in [1.165, 1.54) is 0 Å². The minimum atomic E-state index is -4.47. The van der Waals surface area contributed by atoms with E-state index in [0.29, 0.717) is 35.1 Å². The van der Waals surface area contributed by atoms with Crippen LogP contribution in [-0.2, 0) is 32.7 Å². The van der Waals surface area contributed by atoms with Crippen LogP contribution in [0.25, 0.3) is 0 Å². The lowest BCUT2D eigenvalue weighted by Gasteiger charge is -2.34. The first-order valence-corrected chi connectivity index (χ1v) is 12.7. The summed E-state index contributed by atoms with van der Waals surface area (Å²) in [5.41, 5.74) is -1.83. The highest BCUT2D eigenvalue weighted by Crippen LogP contribution is 2.39. The monoisotopic (exact) mass is 497 g/mol. The number of quaternary nitrogens is 2. The number of ether oxygens (including phenoxy) is 2. The predicted molar refractivity (Wildman–Crippen MR) is 124 cm³/mol. The zero-order chi connectivity index (χ0) is 26.1. The molecule has 0 saturated heterocycles. The minimum Gasteiger partial charge on any atom is -0.756 e. The molecule has 0 fully saturated rings. The third-order valence-corrected chi connectivity index (χ3v) is 6.23. The summed E-state index contributed by atoms with van der Waals surface area (Å²) >= 11 is 0. The molecular formula is C22H46N2O8P+. The number of rotatable bonds is 16. The molecule has 0 aliphatic carbocycles. The number of phosphoric ester groups is 1. The van der Waals surface area contributed by atoms with Gasteiger partial charge in [0.05, 0.1) is 59.7 Å². The van der Waals surface area contributed by atoms with Gasteiger partial charge in [-0.25, -0.2) is 0 Å². The van der Waals surface area contributed by atoms with E-state index in [1.807, 2.05) is 49.2 Å². The number of likely N-dealkylation sites (N-methyl/N-ethyl adjacent to an activating group) is 2. The van der Waals surface area contributed by atoms with Crippen LogP contribution in [-0.4, -0.2) is 103 Å². The molecule has 0 aromatic heterocycles. The van der Waals surface area contributed by atoms with Crippen molar-refractivity contribution in [3.8, 4) is 0 Å². The number of hydrogen-bond acceptors (Lipinski definition) is 8. The van der Waals surface area contributed by atoms with Crippen molar-refractivity contribution in [3.05, 3.63) is 0 Å². The van der Waals surface area contributed by atoms with E-state index in [2.05, 4.69) is 0 Å². The van der Waals surface area contributed by atoms with Gasteiger partial charge in [-0.15, -0.1) is 0 Å². The number of hydrogen-bond donors (Lipinski definition) is 0. The van der Waals surface area contributed by atoms with Gasteiger partial charge in [-0.2, -0.15) is 0 Å². The molecule has 0 saturated carbocycles. The van der Waals surface area contributed by atoms with E-state index in [0.717, 1.165) is 0 Å². The Morgan fingerprint density at radius 3 is 1.73 bits per heavy atom. The fourth-order valence-electron chi connectivity index (χ4n) is 2.92. The van der Waals surface area contributed by atoms with Crippen molar-refractivity contribution >= 4 is 19.8 Å². The van der Waals surface area contributed by atoms with Gasteiger partial charge < -0.3 is 32.4 Å². The minimum absolute atomic E-state index is 0.00206. The standard InChI is InChI=1S/C22H46N2O8P/c1-11-22(4,18-21(2,3)19(25)29-14-12-23(5,6)7)20(26)30-16-17-32-33(27,28)31-15-13-24(8,9)10/h11-18H2,1-10H3/q+1. The van der Waals surface area contributed by atoms with Crippen LogP contribution in [0.5, 0.6) is 0 Å². The van der Waals surface area contributed by atoms with Crippen LogP contribution in [0.4, 0.5) is 0 Å². The average Bonchev–Trinajstić information content (AvgIpc) is 2.62. The van der Waals surface area contributed by atoms with Crippen LogP contribution in [0.15, 0.2) is 0 Å². The van der Waals surface area contributed by atoms with Gasteiger partial charge in [0.25, 0.3) is 7.82 Å². The first kappa shape index (κ1) is 32.0. The van der Waals surface area contributed by atoms with Crippen molar-refractivity contribution < 1.29 is 46.5 Å². The van der Waals surface area contributed by atoms with Gasteiger partial charge in [0.1, 0.15) is 32.9 Å². The molecule has 0 rings (SSSR count). The third-order valence-electron chi connectivity index (χ3n) is 5.23. The van der Waals surface area contributed by atoms with Gasteiger partial charge in [0.15, 0.2) is 0 Å². The van der Waals surface area contributed by atoms with Gasteiger partial charge in [-0.1, -0.05) is 6.92 Å². The van der Waals surface area contributed by atoms with Crippen LogP contribution in [0, 0.1) is 10.8 Å². The first-order valence-electron chi connectivity index (χ1n) is 11.3. The second-order valence-electron chi connectivity index (χ2n) is 11.4. The molecule has 0 heterocycles.